The predicted octanol–water partition coefficient (Wildman–Crippen LogP) is 2.22. The maximum absolute atomic E-state index is 13.5. The van der Waals surface area contributed by atoms with E-state index in [1.54, 1.807) is 11.6 Å². The molecule has 0 saturated heterocycles. The van der Waals surface area contributed by atoms with Crippen molar-refractivity contribution in [2.75, 3.05) is 0 Å². The third kappa shape index (κ3) is 1.33. The van der Waals surface area contributed by atoms with Gasteiger partial charge in [-0.3, -0.25) is 0 Å². The van der Waals surface area contributed by atoms with Crippen molar-refractivity contribution < 1.29 is 8.78 Å². The molecule has 15 heavy (non-hydrogen) atoms. The summed E-state index contributed by atoms with van der Waals surface area (Å²) < 4.78 is 28.3. The molecule has 0 bridgehead atoms. The molecular weight excluding hydrogens is 198 g/mol. The Bertz CT molecular complexity index is 529. The molecule has 80 valence electrons. The van der Waals surface area contributed by atoms with Gasteiger partial charge in [0.05, 0.1) is 5.52 Å². The molecular formula is C11H12F2N2. The van der Waals surface area contributed by atoms with Crippen LogP contribution in [0.1, 0.15) is 11.3 Å². The van der Waals surface area contributed by atoms with Crippen LogP contribution in [0.2, 0.25) is 0 Å². The Morgan fingerprint density at radius 2 is 2.00 bits per heavy atom. The fourth-order valence-corrected chi connectivity index (χ4v) is 1.96. The summed E-state index contributed by atoms with van der Waals surface area (Å²) in [6.07, 6.45) is 0. The molecule has 0 aliphatic rings. The standard InChI is InChI=1S/C11H12F2N2/c1-6-9(5-14)8-3-7(12)4-10(13)11(8)15(6)2/h3-4H,5,14H2,1-2H3. The van der Waals surface area contributed by atoms with Crippen LogP contribution in [0.3, 0.4) is 0 Å². The number of aromatic nitrogens is 1. The first-order valence-corrected chi connectivity index (χ1v) is 4.69. The number of fused-ring (bicyclic) bond motifs is 1. The van der Waals surface area contributed by atoms with Crippen molar-refractivity contribution in [1.29, 1.82) is 0 Å². The first kappa shape index (κ1) is 10.1. The van der Waals surface area contributed by atoms with E-state index in [1.165, 1.54) is 6.07 Å². The summed E-state index contributed by atoms with van der Waals surface area (Å²) in [5.41, 5.74) is 7.65. The number of halogens is 2. The number of hydrogen-bond acceptors (Lipinski definition) is 1. The van der Waals surface area contributed by atoms with Crippen LogP contribution in [0.4, 0.5) is 8.78 Å². The van der Waals surface area contributed by atoms with Crippen LogP contribution in [0.15, 0.2) is 12.1 Å². The molecule has 2 N–H and O–H groups in total. The Kier molecular flexibility index (Phi) is 2.23. The second kappa shape index (κ2) is 3.31. The molecule has 0 amide bonds. The lowest BCUT2D eigenvalue weighted by molar-refractivity contribution is 0.588. The smallest absolute Gasteiger partial charge is 0.150 e. The topological polar surface area (TPSA) is 30.9 Å². The Morgan fingerprint density at radius 3 is 2.60 bits per heavy atom. The van der Waals surface area contributed by atoms with Crippen molar-refractivity contribution in [2.45, 2.75) is 13.5 Å². The molecule has 1 aromatic carbocycles. The summed E-state index contributed by atoms with van der Waals surface area (Å²) in [5.74, 6) is -1.12. The van der Waals surface area contributed by atoms with Crippen LogP contribution in [0.5, 0.6) is 0 Å². The van der Waals surface area contributed by atoms with Gasteiger partial charge in [0, 0.05) is 30.7 Å². The number of hydrogen-bond donors (Lipinski definition) is 1. The molecule has 0 spiro atoms. The van der Waals surface area contributed by atoms with Gasteiger partial charge in [-0.15, -0.1) is 0 Å². The minimum absolute atomic E-state index is 0.284. The van der Waals surface area contributed by atoms with Gasteiger partial charge >= 0.3 is 0 Å². The number of benzene rings is 1. The molecule has 1 aromatic heterocycles. The highest BCUT2D eigenvalue weighted by atomic mass is 19.1. The zero-order valence-corrected chi connectivity index (χ0v) is 8.64. The lowest BCUT2D eigenvalue weighted by Gasteiger charge is -1.99. The van der Waals surface area contributed by atoms with E-state index in [9.17, 15) is 8.78 Å². The Balaban J connectivity index is 2.97. The highest BCUT2D eigenvalue weighted by Crippen LogP contribution is 2.27. The molecule has 2 aromatic rings. The SMILES string of the molecule is Cc1c(CN)c2cc(F)cc(F)c2n1C. The van der Waals surface area contributed by atoms with Crippen LogP contribution >= 0.6 is 0 Å². The van der Waals surface area contributed by atoms with E-state index in [-0.39, 0.29) is 6.54 Å². The molecule has 1 heterocycles. The molecule has 0 saturated carbocycles. The molecule has 0 unspecified atom stereocenters. The maximum atomic E-state index is 13.5. The van der Waals surface area contributed by atoms with Gasteiger partial charge in [-0.2, -0.15) is 0 Å². The zero-order valence-electron chi connectivity index (χ0n) is 8.64. The van der Waals surface area contributed by atoms with Gasteiger partial charge in [0.25, 0.3) is 0 Å². The average Bonchev–Trinajstić information content (AvgIpc) is 2.39. The van der Waals surface area contributed by atoms with Crippen LogP contribution in [-0.2, 0) is 13.6 Å². The normalized spacial score (nSPS) is 11.3. The number of aryl methyl sites for hydroxylation is 1. The first-order chi connectivity index (χ1) is 7.06. The molecule has 0 aliphatic heterocycles. The lowest BCUT2D eigenvalue weighted by atomic mass is 10.1. The molecule has 0 aliphatic carbocycles. The van der Waals surface area contributed by atoms with Crippen molar-refractivity contribution in [2.24, 2.45) is 12.8 Å². The van der Waals surface area contributed by atoms with E-state index in [0.717, 1.165) is 17.3 Å². The van der Waals surface area contributed by atoms with Gasteiger partial charge in [-0.25, -0.2) is 8.78 Å². The highest BCUT2D eigenvalue weighted by molar-refractivity contribution is 5.86. The van der Waals surface area contributed by atoms with Gasteiger partial charge in [0.1, 0.15) is 11.6 Å². The minimum atomic E-state index is -0.569. The highest BCUT2D eigenvalue weighted by Gasteiger charge is 2.15. The number of nitrogens with zero attached hydrogens (tertiary/aromatic N) is 1. The summed E-state index contributed by atoms with van der Waals surface area (Å²) in [6.45, 7) is 2.13. The second-order valence-electron chi connectivity index (χ2n) is 3.61. The van der Waals surface area contributed by atoms with E-state index >= 15 is 0 Å². The monoisotopic (exact) mass is 210 g/mol. The zero-order chi connectivity index (χ0) is 11.2. The van der Waals surface area contributed by atoms with Crippen molar-refractivity contribution in [3.05, 3.63) is 35.0 Å². The van der Waals surface area contributed by atoms with Gasteiger partial charge in [0.15, 0.2) is 0 Å². The van der Waals surface area contributed by atoms with Gasteiger partial charge < -0.3 is 10.3 Å². The van der Waals surface area contributed by atoms with Crippen molar-refractivity contribution in [3.8, 4) is 0 Å². The summed E-state index contributed by atoms with van der Waals surface area (Å²) in [4.78, 5) is 0. The van der Waals surface area contributed by atoms with Crippen LogP contribution < -0.4 is 5.73 Å². The number of rotatable bonds is 1. The van der Waals surface area contributed by atoms with Crippen molar-refractivity contribution >= 4 is 10.9 Å². The van der Waals surface area contributed by atoms with Crippen molar-refractivity contribution in [1.82, 2.24) is 4.57 Å². The summed E-state index contributed by atoms with van der Waals surface area (Å²) >= 11 is 0. The van der Waals surface area contributed by atoms with Gasteiger partial charge in [-0.1, -0.05) is 0 Å². The Labute approximate surface area is 86.3 Å². The molecule has 4 heteroatoms. The predicted molar refractivity (Wildman–Crippen MR) is 55.5 cm³/mol. The summed E-state index contributed by atoms with van der Waals surface area (Å²) in [6, 6.07) is 2.22. The average molecular weight is 210 g/mol. The van der Waals surface area contributed by atoms with Crippen LogP contribution in [-0.4, -0.2) is 4.57 Å². The van der Waals surface area contributed by atoms with Gasteiger partial charge in [0.2, 0.25) is 0 Å². The number of nitrogens with two attached hydrogens (primary N) is 1. The Hall–Kier alpha value is -1.42. The molecule has 0 fully saturated rings. The lowest BCUT2D eigenvalue weighted by Crippen LogP contribution is -1.99. The van der Waals surface area contributed by atoms with E-state index in [4.69, 9.17) is 5.73 Å². The first-order valence-electron chi connectivity index (χ1n) is 4.69. The van der Waals surface area contributed by atoms with Crippen LogP contribution in [0.25, 0.3) is 10.9 Å². The molecule has 0 radical (unpaired) electrons. The fourth-order valence-electron chi connectivity index (χ4n) is 1.96. The third-order valence-electron chi connectivity index (χ3n) is 2.83. The van der Waals surface area contributed by atoms with Crippen molar-refractivity contribution in [3.63, 3.8) is 0 Å². The quantitative estimate of drug-likeness (QED) is 0.768. The molecule has 0 atom stereocenters. The van der Waals surface area contributed by atoms with E-state index < -0.39 is 11.6 Å². The van der Waals surface area contributed by atoms with E-state index in [1.807, 2.05) is 6.92 Å². The second-order valence-corrected chi connectivity index (χ2v) is 3.61. The van der Waals surface area contributed by atoms with Gasteiger partial charge in [-0.05, 0) is 18.6 Å². The summed E-state index contributed by atoms with van der Waals surface area (Å²) in [5, 5.41) is 0.565. The largest absolute Gasteiger partial charge is 0.345 e. The minimum Gasteiger partial charge on any atom is -0.345 e. The maximum Gasteiger partial charge on any atom is 0.150 e. The summed E-state index contributed by atoms with van der Waals surface area (Å²) in [7, 11) is 1.75. The fraction of sp³-hybridized carbons (Fsp3) is 0.273. The molecule has 2 nitrogen and oxygen atoms in total. The third-order valence-corrected chi connectivity index (χ3v) is 2.83. The van der Waals surface area contributed by atoms with E-state index in [0.29, 0.717) is 10.9 Å². The van der Waals surface area contributed by atoms with Crippen LogP contribution in [0, 0.1) is 18.6 Å². The van der Waals surface area contributed by atoms with E-state index in [2.05, 4.69) is 0 Å². The molecule has 2 rings (SSSR count). The Morgan fingerprint density at radius 1 is 1.33 bits per heavy atom.